The molecule has 4 aromatic rings. The Morgan fingerprint density at radius 2 is 1.83 bits per heavy atom. The van der Waals surface area contributed by atoms with E-state index in [1.807, 2.05) is 66.7 Å². The Labute approximate surface area is 167 Å². The number of anilines is 1. The summed E-state index contributed by atoms with van der Waals surface area (Å²) < 4.78 is 6.06. The van der Waals surface area contributed by atoms with Crippen LogP contribution in [0, 0.1) is 6.92 Å². The van der Waals surface area contributed by atoms with E-state index >= 15 is 0 Å². The van der Waals surface area contributed by atoms with Crippen molar-refractivity contribution in [3.63, 3.8) is 0 Å². The molecule has 0 aliphatic carbocycles. The summed E-state index contributed by atoms with van der Waals surface area (Å²) in [7, 11) is 0. The zero-order valence-electron chi connectivity index (χ0n) is 15.8. The normalized spacial score (nSPS) is 11.1. The number of aromatic nitrogens is 3. The van der Waals surface area contributed by atoms with Crippen molar-refractivity contribution in [3.8, 4) is 5.75 Å². The third kappa shape index (κ3) is 4.30. The first-order valence-corrected chi connectivity index (χ1v) is 9.12. The molecule has 0 amide bonds. The number of ether oxygens (including phenoxy) is 1. The lowest BCUT2D eigenvalue weighted by molar-refractivity contribution is 0.306. The highest BCUT2D eigenvalue weighted by molar-refractivity contribution is 6.02. The summed E-state index contributed by atoms with van der Waals surface area (Å²) in [6.45, 7) is 2.04. The van der Waals surface area contributed by atoms with E-state index in [1.54, 1.807) is 13.1 Å². The number of aromatic amines is 1. The summed E-state index contributed by atoms with van der Waals surface area (Å²) in [4.78, 5) is 14.2. The van der Waals surface area contributed by atoms with Gasteiger partial charge in [-0.05, 0) is 29.3 Å². The molecule has 0 spiro atoms. The van der Waals surface area contributed by atoms with Crippen molar-refractivity contribution in [2.45, 2.75) is 13.5 Å². The molecule has 0 unspecified atom stereocenters. The van der Waals surface area contributed by atoms with Gasteiger partial charge in [0.05, 0.1) is 6.21 Å². The number of hydrogen-bond donors (Lipinski definition) is 2. The van der Waals surface area contributed by atoms with Gasteiger partial charge in [-0.2, -0.15) is 5.10 Å². The molecule has 4 rings (SSSR count). The van der Waals surface area contributed by atoms with Gasteiger partial charge >= 0.3 is 0 Å². The summed E-state index contributed by atoms with van der Waals surface area (Å²) in [5, 5.41) is 14.0. The maximum Gasteiger partial charge on any atom is 0.274 e. The van der Waals surface area contributed by atoms with Gasteiger partial charge in [-0.3, -0.25) is 9.78 Å². The highest BCUT2D eigenvalue weighted by Crippen LogP contribution is 2.27. The van der Waals surface area contributed by atoms with E-state index in [9.17, 15) is 4.79 Å². The molecule has 0 radical (unpaired) electrons. The number of hydrazone groups is 1. The van der Waals surface area contributed by atoms with E-state index < -0.39 is 0 Å². The van der Waals surface area contributed by atoms with Crippen LogP contribution in [0.4, 0.5) is 5.95 Å². The Kier molecular flexibility index (Phi) is 5.29. The van der Waals surface area contributed by atoms with Gasteiger partial charge < -0.3 is 4.74 Å². The molecule has 7 heteroatoms. The largest absolute Gasteiger partial charge is 0.488 e. The van der Waals surface area contributed by atoms with E-state index in [4.69, 9.17) is 4.74 Å². The molecule has 0 fully saturated rings. The van der Waals surface area contributed by atoms with E-state index in [1.165, 1.54) is 0 Å². The molecule has 0 bridgehead atoms. The fourth-order valence-electron chi connectivity index (χ4n) is 2.87. The van der Waals surface area contributed by atoms with Gasteiger partial charge in [-0.1, -0.05) is 60.7 Å². The van der Waals surface area contributed by atoms with Crippen LogP contribution in [0.1, 0.15) is 16.8 Å². The maximum absolute atomic E-state index is 11.7. The van der Waals surface area contributed by atoms with Crippen LogP contribution in [-0.4, -0.2) is 21.4 Å². The van der Waals surface area contributed by atoms with Crippen LogP contribution in [-0.2, 0) is 6.61 Å². The van der Waals surface area contributed by atoms with Gasteiger partial charge in [-0.15, -0.1) is 10.2 Å². The molecule has 0 aliphatic rings. The van der Waals surface area contributed by atoms with Crippen molar-refractivity contribution in [2.75, 3.05) is 5.43 Å². The van der Waals surface area contributed by atoms with Crippen LogP contribution in [0.2, 0.25) is 0 Å². The van der Waals surface area contributed by atoms with Gasteiger partial charge in [0, 0.05) is 5.56 Å². The van der Waals surface area contributed by atoms with Crippen LogP contribution in [0.5, 0.6) is 5.75 Å². The standard InChI is InChI=1S/C22H19N5O2/c1-15-21(28)24-22(27-25-15)26-23-13-19-18-10-6-5-9-17(18)11-12-20(19)29-14-16-7-3-2-4-8-16/h2-13H,14H2,1H3,(H2,24,26,27,28)/b23-13+. The van der Waals surface area contributed by atoms with E-state index in [2.05, 4.69) is 25.7 Å². The highest BCUT2D eigenvalue weighted by Gasteiger charge is 2.08. The molecule has 29 heavy (non-hydrogen) atoms. The highest BCUT2D eigenvalue weighted by atomic mass is 16.5. The molecular formula is C22H19N5O2. The number of benzene rings is 3. The zero-order valence-corrected chi connectivity index (χ0v) is 15.8. The lowest BCUT2D eigenvalue weighted by Gasteiger charge is -2.12. The number of rotatable bonds is 6. The minimum absolute atomic E-state index is 0.170. The molecule has 144 valence electrons. The SMILES string of the molecule is Cc1nnc(N/N=C/c2c(OCc3ccccc3)ccc3ccccc23)[nH]c1=O. The van der Waals surface area contributed by atoms with Crippen molar-refractivity contribution < 1.29 is 4.74 Å². The Bertz CT molecular complexity index is 1220. The second-order valence-electron chi connectivity index (χ2n) is 6.43. The van der Waals surface area contributed by atoms with Gasteiger partial charge in [0.2, 0.25) is 5.95 Å². The first kappa shape index (κ1) is 18.4. The summed E-state index contributed by atoms with van der Waals surface area (Å²) in [6.07, 6.45) is 1.66. The smallest absolute Gasteiger partial charge is 0.274 e. The molecule has 1 heterocycles. The Morgan fingerprint density at radius 1 is 1.03 bits per heavy atom. The molecule has 0 saturated carbocycles. The van der Waals surface area contributed by atoms with Crippen molar-refractivity contribution in [3.05, 3.63) is 93.9 Å². The number of hydrogen-bond acceptors (Lipinski definition) is 6. The van der Waals surface area contributed by atoms with Crippen LogP contribution in [0.3, 0.4) is 0 Å². The van der Waals surface area contributed by atoms with Gasteiger partial charge in [0.1, 0.15) is 18.1 Å². The second kappa shape index (κ2) is 8.35. The molecule has 0 atom stereocenters. The lowest BCUT2D eigenvalue weighted by atomic mass is 10.0. The first-order chi connectivity index (χ1) is 14.2. The predicted molar refractivity (Wildman–Crippen MR) is 113 cm³/mol. The van der Waals surface area contributed by atoms with Crippen molar-refractivity contribution in [2.24, 2.45) is 5.10 Å². The third-order valence-corrected chi connectivity index (χ3v) is 4.39. The fourth-order valence-corrected chi connectivity index (χ4v) is 2.87. The third-order valence-electron chi connectivity index (χ3n) is 4.39. The van der Waals surface area contributed by atoms with Gasteiger partial charge in [-0.25, -0.2) is 5.43 Å². The molecule has 0 aliphatic heterocycles. The number of nitrogens with zero attached hydrogens (tertiary/aromatic N) is 3. The summed E-state index contributed by atoms with van der Waals surface area (Å²) in [5.74, 6) is 0.880. The molecular weight excluding hydrogens is 366 g/mol. The molecule has 3 aromatic carbocycles. The van der Waals surface area contributed by atoms with Crippen LogP contribution >= 0.6 is 0 Å². The first-order valence-electron chi connectivity index (χ1n) is 9.12. The number of aryl methyl sites for hydroxylation is 1. The van der Waals surface area contributed by atoms with Gasteiger partial charge in [0.15, 0.2) is 0 Å². The Balaban J connectivity index is 1.63. The Hall–Kier alpha value is -4.00. The number of fused-ring (bicyclic) bond motifs is 1. The van der Waals surface area contributed by atoms with Crippen molar-refractivity contribution >= 4 is 22.9 Å². The van der Waals surface area contributed by atoms with E-state index in [-0.39, 0.29) is 11.5 Å². The van der Waals surface area contributed by atoms with E-state index in [0.717, 1.165) is 21.9 Å². The minimum Gasteiger partial charge on any atom is -0.488 e. The van der Waals surface area contributed by atoms with Crippen molar-refractivity contribution in [1.82, 2.24) is 15.2 Å². The summed E-state index contributed by atoms with van der Waals surface area (Å²) in [6, 6.07) is 21.9. The minimum atomic E-state index is -0.310. The van der Waals surface area contributed by atoms with Crippen molar-refractivity contribution in [1.29, 1.82) is 0 Å². The van der Waals surface area contributed by atoms with Crippen LogP contribution in [0.15, 0.2) is 76.6 Å². The lowest BCUT2D eigenvalue weighted by Crippen LogP contribution is -2.15. The maximum atomic E-state index is 11.7. The van der Waals surface area contributed by atoms with Crippen LogP contribution < -0.4 is 15.7 Å². The quantitative estimate of drug-likeness (QED) is 0.390. The fraction of sp³-hybridized carbons (Fsp3) is 0.0909. The average Bonchev–Trinajstić information content (AvgIpc) is 2.76. The summed E-state index contributed by atoms with van der Waals surface area (Å²) in [5.41, 5.74) is 4.60. The van der Waals surface area contributed by atoms with Crippen LogP contribution in [0.25, 0.3) is 10.8 Å². The Morgan fingerprint density at radius 3 is 2.66 bits per heavy atom. The number of H-pyrrole nitrogens is 1. The average molecular weight is 385 g/mol. The monoisotopic (exact) mass is 385 g/mol. The predicted octanol–water partition coefficient (Wildman–Crippen LogP) is 3.65. The topological polar surface area (TPSA) is 92.3 Å². The zero-order chi connectivity index (χ0) is 20.1. The second-order valence-corrected chi connectivity index (χ2v) is 6.43. The molecule has 1 aromatic heterocycles. The number of nitrogens with one attached hydrogen (secondary N) is 2. The molecule has 2 N–H and O–H groups in total. The van der Waals surface area contributed by atoms with Gasteiger partial charge in [0.25, 0.3) is 5.56 Å². The molecule has 7 nitrogen and oxygen atoms in total. The summed E-state index contributed by atoms with van der Waals surface area (Å²) >= 11 is 0. The van der Waals surface area contributed by atoms with E-state index in [0.29, 0.717) is 18.1 Å². The molecule has 0 saturated heterocycles.